The van der Waals surface area contributed by atoms with E-state index in [1.165, 1.54) is 7.11 Å². The summed E-state index contributed by atoms with van der Waals surface area (Å²) >= 11 is 6.42. The highest BCUT2D eigenvalue weighted by atomic mass is 35.5. The number of nitrogens with one attached hydrogen (secondary N) is 2. The molecule has 1 aliphatic rings. The van der Waals surface area contributed by atoms with Crippen molar-refractivity contribution in [3.05, 3.63) is 34.6 Å². The topological polar surface area (TPSA) is 142 Å². The number of aliphatic hydroxyl groups is 3. The van der Waals surface area contributed by atoms with E-state index in [-0.39, 0.29) is 17.7 Å². The lowest BCUT2D eigenvalue weighted by Gasteiger charge is -2.20. The molecule has 11 heteroatoms. The minimum absolute atomic E-state index is 0.114. The van der Waals surface area contributed by atoms with Crippen LogP contribution in [0.2, 0.25) is 5.15 Å². The summed E-state index contributed by atoms with van der Waals surface area (Å²) < 4.78 is 10.1. The Morgan fingerprint density at radius 1 is 1.19 bits per heavy atom. The first kappa shape index (κ1) is 24.0. The summed E-state index contributed by atoms with van der Waals surface area (Å²) in [4.78, 5) is 12.8. The smallest absolute Gasteiger partial charge is 0.226 e. The largest absolute Gasteiger partial charge is 0.481 e. The Labute approximate surface area is 191 Å². The van der Waals surface area contributed by atoms with Crippen LogP contribution < -0.4 is 15.4 Å². The number of rotatable bonds is 8. The highest BCUT2D eigenvalue weighted by molar-refractivity contribution is 6.31. The van der Waals surface area contributed by atoms with E-state index in [0.717, 1.165) is 0 Å². The highest BCUT2D eigenvalue weighted by Crippen LogP contribution is 2.31. The highest BCUT2D eigenvalue weighted by Gasteiger charge is 2.41. The monoisotopic (exact) mass is 463 g/mol. The summed E-state index contributed by atoms with van der Waals surface area (Å²) in [5, 5.41) is 36.2. The van der Waals surface area contributed by atoms with Gasteiger partial charge >= 0.3 is 0 Å². The van der Waals surface area contributed by atoms with Crippen molar-refractivity contribution in [2.75, 3.05) is 44.6 Å². The fraction of sp³-hybridized carbons (Fsp3) is 0.476. The molecule has 4 atom stereocenters. The van der Waals surface area contributed by atoms with Gasteiger partial charge in [0, 0.05) is 44.0 Å². The van der Waals surface area contributed by atoms with Crippen LogP contribution in [0.1, 0.15) is 17.5 Å². The first-order chi connectivity index (χ1) is 15.5. The average Bonchev–Trinajstić information content (AvgIpc) is 3.07. The molecule has 0 aliphatic heterocycles. The number of hydrogen-bond acceptors (Lipinski definition) is 10. The lowest BCUT2D eigenvalue weighted by Crippen LogP contribution is -2.35. The second-order valence-corrected chi connectivity index (χ2v) is 7.59. The minimum Gasteiger partial charge on any atom is -0.481 e. The Hall–Kier alpha value is -2.68. The van der Waals surface area contributed by atoms with Crippen LogP contribution >= 0.6 is 11.6 Å². The molecule has 2 aromatic heterocycles. The van der Waals surface area contributed by atoms with Gasteiger partial charge in [0.25, 0.3) is 0 Å². The molecular weight excluding hydrogens is 438 g/mol. The normalized spacial score (nSPS) is 22.2. The van der Waals surface area contributed by atoms with Crippen molar-refractivity contribution >= 4 is 23.4 Å². The number of halogens is 1. The maximum atomic E-state index is 10.4. The standard InChI is InChI=1S/C21H26ClN5O5/c1-31-8-7-23-21-26-19(22)14(5-3-12-4-6-16(32-2)24-10-12)20(27-21)25-15-9-13(11-28)17(29)18(15)30/h4,6,10,13,15,17-18,28-30H,7-9,11H2,1-2H3,(H2,23,25,26,27)/t13-,15-,17-,18+/m1/s1. The third-order valence-electron chi connectivity index (χ3n) is 5.09. The summed E-state index contributed by atoms with van der Waals surface area (Å²) in [7, 11) is 3.11. The van der Waals surface area contributed by atoms with Gasteiger partial charge in [-0.3, -0.25) is 0 Å². The molecule has 5 N–H and O–H groups in total. The van der Waals surface area contributed by atoms with E-state index >= 15 is 0 Å². The predicted molar refractivity (Wildman–Crippen MR) is 119 cm³/mol. The van der Waals surface area contributed by atoms with Crippen LogP contribution in [-0.2, 0) is 4.74 Å². The first-order valence-corrected chi connectivity index (χ1v) is 10.4. The van der Waals surface area contributed by atoms with Gasteiger partial charge in [-0.05, 0) is 12.5 Å². The van der Waals surface area contributed by atoms with Crippen LogP contribution in [0.3, 0.4) is 0 Å². The molecule has 0 unspecified atom stereocenters. The van der Waals surface area contributed by atoms with Gasteiger partial charge in [-0.2, -0.15) is 9.97 Å². The molecule has 1 aliphatic carbocycles. The number of pyridine rings is 1. The molecule has 1 saturated carbocycles. The van der Waals surface area contributed by atoms with E-state index in [9.17, 15) is 15.3 Å². The van der Waals surface area contributed by atoms with Gasteiger partial charge in [-0.15, -0.1) is 0 Å². The van der Waals surface area contributed by atoms with E-state index in [1.807, 2.05) is 0 Å². The van der Waals surface area contributed by atoms with Crippen molar-refractivity contribution in [3.63, 3.8) is 0 Å². The fourth-order valence-electron chi connectivity index (χ4n) is 3.33. The van der Waals surface area contributed by atoms with E-state index in [2.05, 4.69) is 37.4 Å². The van der Waals surface area contributed by atoms with Gasteiger partial charge in [0.05, 0.1) is 25.9 Å². The lowest BCUT2D eigenvalue weighted by molar-refractivity contribution is 0.00445. The first-order valence-electron chi connectivity index (χ1n) is 10.0. The van der Waals surface area contributed by atoms with E-state index in [1.54, 1.807) is 25.4 Å². The number of aromatic nitrogens is 3. The lowest BCUT2D eigenvalue weighted by atomic mass is 10.1. The second kappa shape index (κ2) is 11.3. The van der Waals surface area contributed by atoms with Gasteiger partial charge in [-0.25, -0.2) is 4.98 Å². The summed E-state index contributed by atoms with van der Waals surface area (Å²) in [6.45, 7) is 0.676. The third-order valence-corrected chi connectivity index (χ3v) is 5.36. The predicted octanol–water partition coefficient (Wildman–Crippen LogP) is 0.506. The van der Waals surface area contributed by atoms with Gasteiger partial charge in [0.1, 0.15) is 17.5 Å². The van der Waals surface area contributed by atoms with Crippen molar-refractivity contribution in [1.82, 2.24) is 15.0 Å². The fourth-order valence-corrected chi connectivity index (χ4v) is 3.54. The van der Waals surface area contributed by atoms with E-state index in [4.69, 9.17) is 21.1 Å². The van der Waals surface area contributed by atoms with Crippen LogP contribution in [0.25, 0.3) is 0 Å². The maximum Gasteiger partial charge on any atom is 0.226 e. The van der Waals surface area contributed by atoms with Crippen LogP contribution in [-0.4, -0.2) is 82.5 Å². The third kappa shape index (κ3) is 5.76. The molecule has 0 saturated heterocycles. The van der Waals surface area contributed by atoms with Crippen molar-refractivity contribution in [3.8, 4) is 17.7 Å². The molecule has 2 aromatic rings. The van der Waals surface area contributed by atoms with Crippen molar-refractivity contribution in [1.29, 1.82) is 0 Å². The zero-order valence-corrected chi connectivity index (χ0v) is 18.5. The van der Waals surface area contributed by atoms with Crippen molar-refractivity contribution < 1.29 is 24.8 Å². The van der Waals surface area contributed by atoms with Crippen LogP contribution in [0.15, 0.2) is 18.3 Å². The molecular formula is C21H26ClN5O5. The molecule has 172 valence electrons. The van der Waals surface area contributed by atoms with Crippen molar-refractivity contribution in [2.24, 2.45) is 5.92 Å². The van der Waals surface area contributed by atoms with Crippen LogP contribution in [0, 0.1) is 17.8 Å². The van der Waals surface area contributed by atoms with E-state index in [0.29, 0.717) is 42.4 Å². The minimum atomic E-state index is -1.09. The summed E-state index contributed by atoms with van der Waals surface area (Å²) in [6.07, 6.45) is -0.217. The zero-order chi connectivity index (χ0) is 23.1. The molecule has 3 rings (SSSR count). The average molecular weight is 464 g/mol. The van der Waals surface area contributed by atoms with Gasteiger partial charge in [-0.1, -0.05) is 23.4 Å². The SMILES string of the molecule is COCCNc1nc(Cl)c(C#Cc2ccc(OC)nc2)c(N[C@@H]2C[C@H](CO)[C@@H](O)[C@H]2O)n1. The summed E-state index contributed by atoms with van der Waals surface area (Å²) in [5.74, 6) is 6.51. The Bertz CT molecular complexity index is 966. The molecule has 32 heavy (non-hydrogen) atoms. The molecule has 0 amide bonds. The Morgan fingerprint density at radius 3 is 2.62 bits per heavy atom. The maximum absolute atomic E-state index is 10.4. The Morgan fingerprint density at radius 2 is 2.00 bits per heavy atom. The number of hydrogen-bond donors (Lipinski definition) is 5. The van der Waals surface area contributed by atoms with Gasteiger partial charge < -0.3 is 35.4 Å². The van der Waals surface area contributed by atoms with Crippen LogP contribution in [0.5, 0.6) is 5.88 Å². The summed E-state index contributed by atoms with van der Waals surface area (Å²) in [6, 6.07) is 2.89. The molecule has 0 aromatic carbocycles. The summed E-state index contributed by atoms with van der Waals surface area (Å²) in [5.41, 5.74) is 0.959. The van der Waals surface area contributed by atoms with Crippen LogP contribution in [0.4, 0.5) is 11.8 Å². The number of methoxy groups -OCH3 is 2. The van der Waals surface area contributed by atoms with Gasteiger partial charge in [0.2, 0.25) is 11.8 Å². The van der Waals surface area contributed by atoms with Crippen molar-refractivity contribution in [2.45, 2.75) is 24.7 Å². The zero-order valence-electron chi connectivity index (χ0n) is 17.7. The number of anilines is 2. The molecule has 0 radical (unpaired) electrons. The number of ether oxygens (including phenoxy) is 2. The molecule has 0 spiro atoms. The Balaban J connectivity index is 1.91. The van der Waals surface area contributed by atoms with E-state index < -0.39 is 24.2 Å². The molecule has 10 nitrogen and oxygen atoms in total. The van der Waals surface area contributed by atoms with Gasteiger partial charge in [0.15, 0.2) is 5.15 Å². The second-order valence-electron chi connectivity index (χ2n) is 7.23. The number of nitrogens with zero attached hydrogens (tertiary/aromatic N) is 3. The molecule has 2 heterocycles. The number of aliphatic hydroxyl groups excluding tert-OH is 3. The molecule has 1 fully saturated rings. The Kier molecular flexibility index (Phi) is 8.44. The molecule has 0 bridgehead atoms. The quantitative estimate of drug-likeness (QED) is 0.213.